The molecule has 1 aromatic carbocycles. The van der Waals surface area contributed by atoms with Crippen molar-refractivity contribution in [3.8, 4) is 0 Å². The van der Waals surface area contributed by atoms with E-state index >= 15 is 0 Å². The monoisotopic (exact) mass is 320 g/mol. The fraction of sp³-hybridized carbons (Fsp3) is 0.571. The second-order valence-electron chi connectivity index (χ2n) is 4.86. The maximum Gasteiger partial charge on any atom is 0.0465 e. The molecule has 0 N–H and O–H groups in total. The van der Waals surface area contributed by atoms with Gasteiger partial charge >= 0.3 is 0 Å². The van der Waals surface area contributed by atoms with Gasteiger partial charge in [-0.3, -0.25) is 4.90 Å². The van der Waals surface area contributed by atoms with Gasteiger partial charge in [-0.05, 0) is 31.6 Å². The van der Waals surface area contributed by atoms with Crippen LogP contribution in [0.5, 0.6) is 0 Å². The Bertz CT molecular complexity index is 391. The summed E-state index contributed by atoms with van der Waals surface area (Å²) in [6, 6.07) is 5.69. The highest BCUT2D eigenvalue weighted by molar-refractivity contribution is 6.35. The van der Waals surface area contributed by atoms with Crippen molar-refractivity contribution in [1.29, 1.82) is 0 Å². The van der Waals surface area contributed by atoms with Crippen molar-refractivity contribution in [2.45, 2.75) is 13.0 Å². The standard InChI is InChI=1S/C14H19Cl3N2/c15-5-8-18-6-2-7-19(10-9-18)11-12-13(16)3-1-4-14(12)17/h1,3-4H,2,5-11H2. The van der Waals surface area contributed by atoms with Gasteiger partial charge < -0.3 is 4.90 Å². The summed E-state index contributed by atoms with van der Waals surface area (Å²) in [6.45, 7) is 6.11. The average Bonchev–Trinajstić information content (AvgIpc) is 2.60. The van der Waals surface area contributed by atoms with E-state index in [2.05, 4.69) is 9.80 Å². The predicted octanol–water partition coefficient (Wildman–Crippen LogP) is 3.74. The Morgan fingerprint density at radius 3 is 2.26 bits per heavy atom. The van der Waals surface area contributed by atoms with Crippen LogP contribution in [0.2, 0.25) is 10.0 Å². The van der Waals surface area contributed by atoms with Gasteiger partial charge in [0.15, 0.2) is 0 Å². The van der Waals surface area contributed by atoms with Crippen LogP contribution >= 0.6 is 34.8 Å². The summed E-state index contributed by atoms with van der Waals surface area (Å²) in [5.41, 5.74) is 1.04. The van der Waals surface area contributed by atoms with Crippen LogP contribution in [0, 0.1) is 0 Å². The summed E-state index contributed by atoms with van der Waals surface area (Å²) in [4.78, 5) is 4.84. The highest BCUT2D eigenvalue weighted by atomic mass is 35.5. The number of benzene rings is 1. The quantitative estimate of drug-likeness (QED) is 0.780. The molecule has 2 rings (SSSR count). The van der Waals surface area contributed by atoms with E-state index in [9.17, 15) is 0 Å². The van der Waals surface area contributed by atoms with Gasteiger partial charge in [0.05, 0.1) is 0 Å². The van der Waals surface area contributed by atoms with Crippen LogP contribution in [0.4, 0.5) is 0 Å². The van der Waals surface area contributed by atoms with Crippen LogP contribution in [-0.4, -0.2) is 48.4 Å². The van der Waals surface area contributed by atoms with Crippen molar-refractivity contribution in [3.05, 3.63) is 33.8 Å². The maximum atomic E-state index is 6.23. The first-order chi connectivity index (χ1) is 9.20. The highest BCUT2D eigenvalue weighted by Crippen LogP contribution is 2.26. The maximum absolute atomic E-state index is 6.23. The molecule has 0 radical (unpaired) electrons. The zero-order valence-corrected chi connectivity index (χ0v) is 13.2. The van der Waals surface area contributed by atoms with Gasteiger partial charge in [0.25, 0.3) is 0 Å². The topological polar surface area (TPSA) is 6.48 Å². The van der Waals surface area contributed by atoms with Gasteiger partial charge in [-0.15, -0.1) is 11.6 Å². The molecule has 1 heterocycles. The Kier molecular flexibility index (Phi) is 6.24. The van der Waals surface area contributed by atoms with Crippen molar-refractivity contribution < 1.29 is 0 Å². The number of nitrogens with zero attached hydrogens (tertiary/aromatic N) is 2. The zero-order valence-electron chi connectivity index (χ0n) is 10.9. The van der Waals surface area contributed by atoms with Gasteiger partial charge in [0.2, 0.25) is 0 Å². The van der Waals surface area contributed by atoms with Crippen LogP contribution in [0.3, 0.4) is 0 Å². The van der Waals surface area contributed by atoms with Crippen LogP contribution in [0.25, 0.3) is 0 Å². The predicted molar refractivity (Wildman–Crippen MR) is 83.5 cm³/mol. The highest BCUT2D eigenvalue weighted by Gasteiger charge is 2.16. The fourth-order valence-electron chi connectivity index (χ4n) is 2.43. The lowest BCUT2D eigenvalue weighted by Gasteiger charge is -2.22. The van der Waals surface area contributed by atoms with Crippen molar-refractivity contribution in [2.24, 2.45) is 0 Å². The first kappa shape index (κ1) is 15.4. The molecule has 0 atom stereocenters. The van der Waals surface area contributed by atoms with Crippen LogP contribution in [0.15, 0.2) is 18.2 Å². The van der Waals surface area contributed by atoms with Crippen molar-refractivity contribution >= 4 is 34.8 Å². The van der Waals surface area contributed by atoms with Gasteiger partial charge in [-0.25, -0.2) is 0 Å². The Morgan fingerprint density at radius 2 is 1.58 bits per heavy atom. The lowest BCUT2D eigenvalue weighted by atomic mass is 10.2. The lowest BCUT2D eigenvalue weighted by Crippen LogP contribution is -2.31. The molecule has 1 aromatic rings. The molecular weight excluding hydrogens is 303 g/mol. The van der Waals surface area contributed by atoms with E-state index in [1.54, 1.807) is 0 Å². The normalized spacial score (nSPS) is 18.5. The van der Waals surface area contributed by atoms with E-state index in [0.29, 0.717) is 5.88 Å². The van der Waals surface area contributed by atoms with Crippen molar-refractivity contribution in [2.75, 3.05) is 38.6 Å². The van der Waals surface area contributed by atoms with Crippen LogP contribution < -0.4 is 0 Å². The third-order valence-corrected chi connectivity index (χ3v) is 4.40. The molecule has 1 fully saturated rings. The number of alkyl halides is 1. The first-order valence-corrected chi connectivity index (χ1v) is 7.93. The average molecular weight is 322 g/mol. The minimum Gasteiger partial charge on any atom is -0.301 e. The van der Waals surface area contributed by atoms with Gasteiger partial charge in [-0.1, -0.05) is 29.3 Å². The molecule has 0 saturated carbocycles. The SMILES string of the molecule is ClCCN1CCCN(Cc2c(Cl)cccc2Cl)CC1. The fourth-order valence-corrected chi connectivity index (χ4v) is 3.19. The molecule has 0 unspecified atom stereocenters. The summed E-state index contributed by atoms with van der Waals surface area (Å²) in [7, 11) is 0. The summed E-state index contributed by atoms with van der Waals surface area (Å²) < 4.78 is 0. The second-order valence-corrected chi connectivity index (χ2v) is 6.05. The van der Waals surface area contributed by atoms with Gasteiger partial charge in [-0.2, -0.15) is 0 Å². The first-order valence-electron chi connectivity index (χ1n) is 6.64. The summed E-state index contributed by atoms with van der Waals surface area (Å²) in [5, 5.41) is 1.52. The molecule has 0 aliphatic carbocycles. The largest absolute Gasteiger partial charge is 0.301 e. The third-order valence-electron chi connectivity index (χ3n) is 3.53. The molecule has 5 heteroatoms. The smallest absolute Gasteiger partial charge is 0.0465 e. The van der Waals surface area contributed by atoms with E-state index < -0.39 is 0 Å². The van der Waals surface area contributed by atoms with E-state index in [1.165, 1.54) is 6.42 Å². The Balaban J connectivity index is 1.96. The summed E-state index contributed by atoms with van der Waals surface area (Å²) in [6.07, 6.45) is 1.17. The Labute approximate surface area is 130 Å². The Hall–Kier alpha value is 0.01000. The minimum atomic E-state index is 0.705. The molecular formula is C14H19Cl3N2. The lowest BCUT2D eigenvalue weighted by molar-refractivity contribution is 0.258. The van der Waals surface area contributed by atoms with E-state index in [1.807, 2.05) is 18.2 Å². The Morgan fingerprint density at radius 1 is 0.947 bits per heavy atom. The molecule has 0 amide bonds. The molecule has 1 saturated heterocycles. The minimum absolute atomic E-state index is 0.705. The van der Waals surface area contributed by atoms with Crippen molar-refractivity contribution in [1.82, 2.24) is 9.80 Å². The van der Waals surface area contributed by atoms with E-state index in [4.69, 9.17) is 34.8 Å². The zero-order chi connectivity index (χ0) is 13.7. The molecule has 2 nitrogen and oxygen atoms in total. The summed E-state index contributed by atoms with van der Waals surface area (Å²) in [5.74, 6) is 0.705. The third kappa shape index (κ3) is 4.51. The molecule has 19 heavy (non-hydrogen) atoms. The molecule has 1 aliphatic rings. The van der Waals surface area contributed by atoms with E-state index in [0.717, 1.165) is 54.9 Å². The van der Waals surface area contributed by atoms with Crippen LogP contribution in [-0.2, 0) is 6.54 Å². The molecule has 0 aromatic heterocycles. The number of halogens is 3. The number of hydrogen-bond donors (Lipinski definition) is 0. The van der Waals surface area contributed by atoms with Crippen LogP contribution in [0.1, 0.15) is 12.0 Å². The van der Waals surface area contributed by atoms with Gasteiger partial charge in [0.1, 0.15) is 0 Å². The number of rotatable bonds is 4. The number of hydrogen-bond acceptors (Lipinski definition) is 2. The van der Waals surface area contributed by atoms with E-state index in [-0.39, 0.29) is 0 Å². The van der Waals surface area contributed by atoms with Gasteiger partial charge in [0, 0.05) is 47.7 Å². The molecule has 106 valence electrons. The summed E-state index contributed by atoms with van der Waals surface area (Å²) >= 11 is 18.3. The molecule has 0 spiro atoms. The second kappa shape index (κ2) is 7.70. The van der Waals surface area contributed by atoms with Crippen molar-refractivity contribution in [3.63, 3.8) is 0 Å². The molecule has 1 aliphatic heterocycles. The molecule has 0 bridgehead atoms.